The number of aromatic nitrogens is 6. The van der Waals surface area contributed by atoms with Gasteiger partial charge in [-0.05, 0) is 12.1 Å². The molecule has 0 fully saturated rings. The van der Waals surface area contributed by atoms with Gasteiger partial charge in [0.05, 0.1) is 45.3 Å². The average Bonchev–Trinajstić information content (AvgIpc) is 3.29. The number of benzene rings is 7. The van der Waals surface area contributed by atoms with E-state index in [-0.39, 0.29) is 0 Å². The number of hydrogen-bond donors (Lipinski definition) is 0. The van der Waals surface area contributed by atoms with Gasteiger partial charge < -0.3 is 0 Å². The van der Waals surface area contributed by atoms with Crippen LogP contribution in [-0.4, -0.2) is 29.9 Å². The maximum atomic E-state index is 10.8. The lowest BCUT2D eigenvalue weighted by Crippen LogP contribution is -2.02. The molecule has 0 radical (unpaired) electrons. The number of nitriles is 1. The van der Waals surface area contributed by atoms with Crippen LogP contribution in [0.15, 0.2) is 176 Å². The minimum absolute atomic E-state index is 0.489. The molecular formula is C49H29N7. The number of para-hydroxylation sites is 1. The fourth-order valence-electron chi connectivity index (χ4n) is 7.36. The van der Waals surface area contributed by atoms with Crippen LogP contribution in [-0.2, 0) is 0 Å². The predicted molar refractivity (Wildman–Crippen MR) is 223 cm³/mol. The molecule has 0 spiro atoms. The first-order chi connectivity index (χ1) is 27.7. The molecule has 0 aliphatic carbocycles. The smallest absolute Gasteiger partial charge is 0.164 e. The van der Waals surface area contributed by atoms with Crippen LogP contribution in [0.5, 0.6) is 0 Å². The van der Waals surface area contributed by atoms with Crippen LogP contribution in [0, 0.1) is 11.3 Å². The Morgan fingerprint density at radius 3 is 1.41 bits per heavy atom. The molecule has 0 unspecified atom stereocenters. The van der Waals surface area contributed by atoms with Crippen molar-refractivity contribution in [2.45, 2.75) is 0 Å². The van der Waals surface area contributed by atoms with Crippen LogP contribution in [0.25, 0.3) is 101 Å². The maximum Gasteiger partial charge on any atom is 0.164 e. The maximum absolute atomic E-state index is 10.8. The molecule has 56 heavy (non-hydrogen) atoms. The largest absolute Gasteiger partial charge is 0.247 e. The van der Waals surface area contributed by atoms with E-state index in [1.165, 1.54) is 0 Å². The van der Waals surface area contributed by atoms with Crippen molar-refractivity contribution in [3.63, 3.8) is 0 Å². The van der Waals surface area contributed by atoms with E-state index in [1.807, 2.05) is 176 Å². The van der Waals surface area contributed by atoms with Crippen LogP contribution in [0.1, 0.15) is 5.56 Å². The third-order valence-electron chi connectivity index (χ3n) is 9.94. The Morgan fingerprint density at radius 1 is 0.357 bits per heavy atom. The van der Waals surface area contributed by atoms with Gasteiger partial charge in [-0.1, -0.05) is 164 Å². The summed E-state index contributed by atoms with van der Waals surface area (Å²) in [5, 5.41) is 13.2. The van der Waals surface area contributed by atoms with Crippen LogP contribution in [0.3, 0.4) is 0 Å². The summed E-state index contributed by atoms with van der Waals surface area (Å²) < 4.78 is 0. The summed E-state index contributed by atoms with van der Waals surface area (Å²) >= 11 is 0. The van der Waals surface area contributed by atoms with Gasteiger partial charge in [-0.15, -0.1) is 0 Å². The molecule has 0 saturated heterocycles. The average molecular weight is 716 g/mol. The lowest BCUT2D eigenvalue weighted by Gasteiger charge is -2.17. The van der Waals surface area contributed by atoms with Gasteiger partial charge in [0.2, 0.25) is 0 Å². The normalized spacial score (nSPS) is 11.2. The second-order valence-electron chi connectivity index (χ2n) is 13.4. The Bertz CT molecular complexity index is 3070. The summed E-state index contributed by atoms with van der Waals surface area (Å²) in [7, 11) is 0. The standard InChI is InChI=1S/C49H29N7/c50-30-35-29-40-46(53-44(32-19-7-2-8-20-32)43(52-40)31-17-5-1-6-18-31)42-41(35)38-27-15-16-28-39(38)51-45(42)36-25-13-14-26-37(36)49-55-47(33-21-9-3-10-22-33)54-48(56-49)34-23-11-4-12-24-34/h1-29H. The molecule has 10 aromatic rings. The molecule has 3 aromatic heterocycles. The second kappa shape index (κ2) is 13.8. The predicted octanol–water partition coefficient (Wildman–Crippen LogP) is 11.4. The number of rotatable bonds is 6. The zero-order chi connectivity index (χ0) is 37.4. The Morgan fingerprint density at radius 2 is 0.821 bits per heavy atom. The Labute approximate surface area is 322 Å². The van der Waals surface area contributed by atoms with E-state index < -0.39 is 0 Å². The highest BCUT2D eigenvalue weighted by molar-refractivity contribution is 6.22. The Kier molecular flexibility index (Phi) is 8.05. The van der Waals surface area contributed by atoms with Crippen molar-refractivity contribution in [2.24, 2.45) is 0 Å². The molecule has 7 heteroatoms. The summed E-state index contributed by atoms with van der Waals surface area (Å²) in [5.41, 5.74) is 9.78. The Balaban J connectivity index is 1.32. The van der Waals surface area contributed by atoms with Crippen LogP contribution in [0.4, 0.5) is 0 Å². The van der Waals surface area contributed by atoms with Crippen LogP contribution < -0.4 is 0 Å². The van der Waals surface area contributed by atoms with Crippen LogP contribution in [0.2, 0.25) is 0 Å². The van der Waals surface area contributed by atoms with Crippen molar-refractivity contribution in [3.8, 4) is 74.0 Å². The molecule has 0 aliphatic heterocycles. The Hall–Kier alpha value is -7.95. The van der Waals surface area contributed by atoms with E-state index in [1.54, 1.807) is 0 Å². The zero-order valence-corrected chi connectivity index (χ0v) is 29.9. The summed E-state index contributed by atoms with van der Waals surface area (Å²) in [4.78, 5) is 31.3. The molecule has 0 N–H and O–H groups in total. The minimum Gasteiger partial charge on any atom is -0.247 e. The van der Waals surface area contributed by atoms with Gasteiger partial charge in [-0.25, -0.2) is 29.9 Å². The second-order valence-corrected chi connectivity index (χ2v) is 13.4. The van der Waals surface area contributed by atoms with Gasteiger partial charge in [-0.2, -0.15) is 5.26 Å². The molecule has 7 nitrogen and oxygen atoms in total. The molecule has 0 amide bonds. The third-order valence-corrected chi connectivity index (χ3v) is 9.94. The van der Waals surface area contributed by atoms with Crippen molar-refractivity contribution in [2.75, 3.05) is 0 Å². The molecule has 0 aliphatic rings. The van der Waals surface area contributed by atoms with E-state index in [0.717, 1.165) is 66.4 Å². The molecule has 0 saturated carbocycles. The number of fused-ring (bicyclic) bond motifs is 5. The quantitative estimate of drug-likeness (QED) is 0.158. The zero-order valence-electron chi connectivity index (χ0n) is 29.9. The molecule has 260 valence electrons. The van der Waals surface area contributed by atoms with E-state index in [0.29, 0.717) is 39.8 Å². The van der Waals surface area contributed by atoms with Crippen molar-refractivity contribution >= 4 is 32.7 Å². The summed E-state index contributed by atoms with van der Waals surface area (Å²) in [6.07, 6.45) is 0. The monoisotopic (exact) mass is 715 g/mol. The molecular weight excluding hydrogens is 687 g/mol. The fourth-order valence-corrected chi connectivity index (χ4v) is 7.36. The lowest BCUT2D eigenvalue weighted by molar-refractivity contribution is 1.07. The lowest BCUT2D eigenvalue weighted by atomic mass is 9.92. The van der Waals surface area contributed by atoms with Crippen molar-refractivity contribution in [1.82, 2.24) is 29.9 Å². The molecule has 10 rings (SSSR count). The molecule has 0 atom stereocenters. The molecule has 7 aromatic carbocycles. The first kappa shape index (κ1) is 32.7. The van der Waals surface area contributed by atoms with Gasteiger partial charge in [0.15, 0.2) is 17.5 Å². The highest BCUT2D eigenvalue weighted by Crippen LogP contribution is 2.43. The van der Waals surface area contributed by atoms with Crippen molar-refractivity contribution in [1.29, 1.82) is 5.26 Å². The van der Waals surface area contributed by atoms with Crippen molar-refractivity contribution in [3.05, 3.63) is 181 Å². The van der Waals surface area contributed by atoms with Gasteiger partial charge in [-0.3, -0.25) is 0 Å². The third kappa shape index (κ3) is 5.70. The number of hydrogen-bond acceptors (Lipinski definition) is 7. The van der Waals surface area contributed by atoms with Crippen LogP contribution >= 0.6 is 0 Å². The fraction of sp³-hybridized carbons (Fsp3) is 0. The van der Waals surface area contributed by atoms with Gasteiger partial charge in [0, 0.05) is 49.5 Å². The summed E-state index contributed by atoms with van der Waals surface area (Å²) in [5.74, 6) is 1.62. The van der Waals surface area contributed by atoms with Crippen molar-refractivity contribution < 1.29 is 0 Å². The first-order valence-corrected chi connectivity index (χ1v) is 18.3. The van der Waals surface area contributed by atoms with Gasteiger partial charge in [0.25, 0.3) is 0 Å². The summed E-state index contributed by atoms with van der Waals surface area (Å²) in [6, 6.07) is 60.3. The highest BCUT2D eigenvalue weighted by Gasteiger charge is 2.24. The van der Waals surface area contributed by atoms with Gasteiger partial charge in [0.1, 0.15) is 0 Å². The molecule has 3 heterocycles. The van der Waals surface area contributed by atoms with E-state index in [4.69, 9.17) is 29.9 Å². The van der Waals surface area contributed by atoms with Gasteiger partial charge >= 0.3 is 0 Å². The minimum atomic E-state index is 0.489. The SMILES string of the molecule is N#Cc1cc2nc(-c3ccccc3)c(-c3ccccc3)nc2c2c(-c3ccccc3-c3nc(-c4ccccc4)nc(-c4ccccc4)n3)nc3ccccc3c12. The number of pyridine rings is 1. The first-order valence-electron chi connectivity index (χ1n) is 18.3. The van der Waals surface area contributed by atoms with E-state index in [2.05, 4.69) is 6.07 Å². The molecule has 0 bridgehead atoms. The summed E-state index contributed by atoms with van der Waals surface area (Å²) in [6.45, 7) is 0. The topological polar surface area (TPSA) is 101 Å². The van der Waals surface area contributed by atoms with E-state index >= 15 is 0 Å². The van der Waals surface area contributed by atoms with E-state index in [9.17, 15) is 5.26 Å². The highest BCUT2D eigenvalue weighted by atomic mass is 15.0. The number of nitrogens with zero attached hydrogens (tertiary/aromatic N) is 7.